The van der Waals surface area contributed by atoms with Crippen LogP contribution in [0.3, 0.4) is 0 Å². The van der Waals surface area contributed by atoms with Crippen molar-refractivity contribution in [2.75, 3.05) is 19.4 Å². The quantitative estimate of drug-likeness (QED) is 0.763. The van der Waals surface area contributed by atoms with Gasteiger partial charge >= 0.3 is 0 Å². The van der Waals surface area contributed by atoms with Crippen LogP contribution in [0.4, 0.5) is 5.82 Å². The van der Waals surface area contributed by atoms with Crippen molar-refractivity contribution in [2.24, 2.45) is 0 Å². The number of hydrogen-bond acceptors (Lipinski definition) is 7. The SMILES string of the molecule is CN1O[C@@H](CO)C[C@H]1Cn1cnc2c(N)ncnc21. The fourth-order valence-electron chi connectivity index (χ4n) is 2.37. The molecule has 3 heterocycles. The second-order valence-corrected chi connectivity index (χ2v) is 4.67. The van der Waals surface area contributed by atoms with Gasteiger partial charge in [0.25, 0.3) is 0 Å². The highest BCUT2D eigenvalue weighted by Gasteiger charge is 2.31. The van der Waals surface area contributed by atoms with E-state index in [2.05, 4.69) is 15.0 Å². The number of imidazole rings is 1. The largest absolute Gasteiger partial charge is 0.394 e. The summed E-state index contributed by atoms with van der Waals surface area (Å²) < 4.78 is 1.93. The lowest BCUT2D eigenvalue weighted by molar-refractivity contribution is -0.153. The van der Waals surface area contributed by atoms with E-state index in [0.717, 1.165) is 6.42 Å². The number of anilines is 1. The third kappa shape index (κ3) is 2.14. The molecule has 8 heteroatoms. The zero-order chi connectivity index (χ0) is 13.4. The minimum absolute atomic E-state index is 0.0284. The molecule has 3 rings (SSSR count). The molecule has 0 unspecified atom stereocenters. The van der Waals surface area contributed by atoms with Gasteiger partial charge in [0.2, 0.25) is 0 Å². The first-order valence-corrected chi connectivity index (χ1v) is 6.11. The van der Waals surface area contributed by atoms with Gasteiger partial charge in [-0.2, -0.15) is 5.06 Å². The summed E-state index contributed by atoms with van der Waals surface area (Å²) in [6.07, 6.45) is 3.77. The summed E-state index contributed by atoms with van der Waals surface area (Å²) in [7, 11) is 1.86. The number of aromatic nitrogens is 4. The number of nitrogens with two attached hydrogens (primary N) is 1. The van der Waals surface area contributed by atoms with Crippen LogP contribution in [0.15, 0.2) is 12.7 Å². The molecule has 0 saturated carbocycles. The van der Waals surface area contributed by atoms with Crippen molar-refractivity contribution >= 4 is 17.0 Å². The maximum absolute atomic E-state index is 9.13. The Kier molecular flexibility index (Phi) is 3.05. The van der Waals surface area contributed by atoms with Gasteiger partial charge in [0.05, 0.1) is 19.0 Å². The van der Waals surface area contributed by atoms with Gasteiger partial charge in [0.1, 0.15) is 17.9 Å². The first kappa shape index (κ1) is 12.3. The van der Waals surface area contributed by atoms with Crippen LogP contribution in [-0.4, -0.2) is 55.5 Å². The summed E-state index contributed by atoms with van der Waals surface area (Å²) in [5.74, 6) is 0.382. The van der Waals surface area contributed by atoms with Crippen molar-refractivity contribution in [2.45, 2.75) is 25.1 Å². The summed E-state index contributed by atoms with van der Waals surface area (Å²) in [6, 6.07) is 0.172. The van der Waals surface area contributed by atoms with Gasteiger partial charge in [-0.05, 0) is 6.42 Å². The Morgan fingerprint density at radius 2 is 2.32 bits per heavy atom. The number of hydroxylamine groups is 2. The van der Waals surface area contributed by atoms with Crippen molar-refractivity contribution in [3.8, 4) is 0 Å². The highest BCUT2D eigenvalue weighted by atomic mass is 16.7. The fourth-order valence-corrected chi connectivity index (χ4v) is 2.37. The van der Waals surface area contributed by atoms with Gasteiger partial charge < -0.3 is 15.4 Å². The zero-order valence-electron chi connectivity index (χ0n) is 10.6. The third-order valence-corrected chi connectivity index (χ3v) is 3.41. The highest BCUT2D eigenvalue weighted by Crippen LogP contribution is 2.22. The molecular formula is C11H16N6O2. The highest BCUT2D eigenvalue weighted by molar-refractivity contribution is 5.81. The van der Waals surface area contributed by atoms with E-state index in [0.29, 0.717) is 23.5 Å². The number of rotatable bonds is 3. The molecule has 2 atom stereocenters. The predicted octanol–water partition coefficient (Wildman–Crippen LogP) is -0.595. The number of nitrogen functional groups attached to an aromatic ring is 1. The first-order chi connectivity index (χ1) is 9.19. The van der Waals surface area contributed by atoms with E-state index in [1.165, 1.54) is 6.33 Å². The maximum Gasteiger partial charge on any atom is 0.165 e. The minimum Gasteiger partial charge on any atom is -0.394 e. The van der Waals surface area contributed by atoms with E-state index in [1.54, 1.807) is 11.4 Å². The Balaban J connectivity index is 1.84. The molecule has 0 aliphatic carbocycles. The number of hydrogen-bond donors (Lipinski definition) is 2. The van der Waals surface area contributed by atoms with E-state index in [4.69, 9.17) is 15.7 Å². The number of nitrogens with zero attached hydrogens (tertiary/aromatic N) is 5. The Hall–Kier alpha value is -1.77. The average molecular weight is 264 g/mol. The van der Waals surface area contributed by atoms with E-state index >= 15 is 0 Å². The van der Waals surface area contributed by atoms with Crippen molar-refractivity contribution < 1.29 is 9.94 Å². The molecule has 8 nitrogen and oxygen atoms in total. The van der Waals surface area contributed by atoms with Crippen molar-refractivity contribution in [3.05, 3.63) is 12.7 Å². The van der Waals surface area contributed by atoms with Crippen LogP contribution in [-0.2, 0) is 11.4 Å². The lowest BCUT2D eigenvalue weighted by Gasteiger charge is -2.17. The van der Waals surface area contributed by atoms with Crippen LogP contribution in [0, 0.1) is 0 Å². The molecular weight excluding hydrogens is 248 g/mol. The molecule has 0 bridgehead atoms. The van der Waals surface area contributed by atoms with Crippen molar-refractivity contribution in [1.29, 1.82) is 0 Å². The van der Waals surface area contributed by atoms with Crippen LogP contribution < -0.4 is 5.73 Å². The van der Waals surface area contributed by atoms with Gasteiger partial charge in [-0.15, -0.1) is 0 Å². The normalized spacial score (nSPS) is 24.3. The molecule has 0 spiro atoms. The van der Waals surface area contributed by atoms with E-state index in [9.17, 15) is 0 Å². The third-order valence-electron chi connectivity index (χ3n) is 3.41. The molecule has 0 aromatic carbocycles. The monoisotopic (exact) mass is 264 g/mol. The molecule has 1 fully saturated rings. The molecule has 2 aromatic heterocycles. The van der Waals surface area contributed by atoms with Crippen LogP contribution in [0.25, 0.3) is 11.2 Å². The molecule has 19 heavy (non-hydrogen) atoms. The minimum atomic E-state index is -0.135. The summed E-state index contributed by atoms with van der Waals surface area (Å²) >= 11 is 0. The molecule has 3 N–H and O–H groups in total. The van der Waals surface area contributed by atoms with Crippen LogP contribution in [0.5, 0.6) is 0 Å². The van der Waals surface area contributed by atoms with Gasteiger partial charge in [-0.25, -0.2) is 15.0 Å². The number of aliphatic hydroxyl groups excluding tert-OH is 1. The Labute approximate surface area is 109 Å². The predicted molar refractivity (Wildman–Crippen MR) is 67.9 cm³/mol. The molecule has 0 amide bonds. The average Bonchev–Trinajstić information content (AvgIpc) is 2.96. The zero-order valence-corrected chi connectivity index (χ0v) is 10.6. The van der Waals surface area contributed by atoms with Crippen LogP contribution >= 0.6 is 0 Å². The second-order valence-electron chi connectivity index (χ2n) is 4.67. The van der Waals surface area contributed by atoms with E-state index in [-0.39, 0.29) is 18.8 Å². The smallest absolute Gasteiger partial charge is 0.165 e. The molecule has 0 radical (unpaired) electrons. The molecule has 1 aliphatic rings. The Bertz CT molecular complexity index is 586. The topological polar surface area (TPSA) is 102 Å². The summed E-state index contributed by atoms with van der Waals surface area (Å²) in [4.78, 5) is 17.9. The summed E-state index contributed by atoms with van der Waals surface area (Å²) in [5.41, 5.74) is 7.08. The van der Waals surface area contributed by atoms with Crippen molar-refractivity contribution in [3.63, 3.8) is 0 Å². The molecule has 1 aliphatic heterocycles. The maximum atomic E-state index is 9.13. The standard InChI is InChI=1S/C11H16N6O2/c1-16-7(2-8(4-18)19-16)3-17-6-15-9-10(12)13-5-14-11(9)17/h5-8,18H,2-4H2,1H3,(H2,12,13,14)/t7-,8+/m0/s1. The van der Waals surface area contributed by atoms with Crippen molar-refractivity contribution in [1.82, 2.24) is 24.6 Å². The number of likely N-dealkylation sites (N-methyl/N-ethyl adjacent to an activating group) is 1. The Morgan fingerprint density at radius 3 is 3.05 bits per heavy atom. The molecule has 102 valence electrons. The summed E-state index contributed by atoms with van der Waals surface area (Å²) in [6.45, 7) is 0.709. The van der Waals surface area contributed by atoms with Gasteiger partial charge in [-0.3, -0.25) is 4.84 Å². The van der Waals surface area contributed by atoms with Crippen LogP contribution in [0.2, 0.25) is 0 Å². The van der Waals surface area contributed by atoms with E-state index < -0.39 is 0 Å². The van der Waals surface area contributed by atoms with Crippen LogP contribution in [0.1, 0.15) is 6.42 Å². The molecule has 1 saturated heterocycles. The summed E-state index contributed by atoms with van der Waals surface area (Å²) in [5, 5.41) is 10.9. The van der Waals surface area contributed by atoms with Gasteiger partial charge in [-0.1, -0.05) is 0 Å². The molecule has 2 aromatic rings. The second kappa shape index (κ2) is 4.72. The number of aliphatic hydroxyl groups is 1. The lowest BCUT2D eigenvalue weighted by atomic mass is 10.1. The first-order valence-electron chi connectivity index (χ1n) is 6.11. The van der Waals surface area contributed by atoms with Gasteiger partial charge in [0, 0.05) is 13.6 Å². The van der Waals surface area contributed by atoms with Gasteiger partial charge in [0.15, 0.2) is 11.5 Å². The fraction of sp³-hybridized carbons (Fsp3) is 0.545. The number of fused-ring (bicyclic) bond motifs is 1. The lowest BCUT2D eigenvalue weighted by Crippen LogP contribution is -2.28. The Morgan fingerprint density at radius 1 is 1.47 bits per heavy atom. The van der Waals surface area contributed by atoms with E-state index in [1.807, 2.05) is 11.6 Å².